The average molecular weight is 658 g/mol. The number of anilines is 1. The van der Waals surface area contributed by atoms with Crippen molar-refractivity contribution in [1.29, 1.82) is 0 Å². The molecule has 0 spiro atoms. The minimum Gasteiger partial charge on any atom is -0.498 e. The molecule has 3 atom stereocenters. The zero-order valence-corrected chi connectivity index (χ0v) is 28.1. The number of rotatable bonds is 7. The van der Waals surface area contributed by atoms with Crippen LogP contribution >= 0.6 is 0 Å². The summed E-state index contributed by atoms with van der Waals surface area (Å²) in [6.07, 6.45) is 3.03. The first kappa shape index (κ1) is 32.6. The smallest absolute Gasteiger partial charge is 0.322 e. The molecule has 0 radical (unpaired) electrons. The molecule has 13 nitrogen and oxygen atoms in total. The maximum Gasteiger partial charge on any atom is 0.322 e. The van der Waals surface area contributed by atoms with E-state index in [0.29, 0.717) is 50.5 Å². The van der Waals surface area contributed by atoms with Crippen LogP contribution in [0.15, 0.2) is 36.4 Å². The van der Waals surface area contributed by atoms with Gasteiger partial charge in [0.05, 0.1) is 13.0 Å². The highest BCUT2D eigenvalue weighted by molar-refractivity contribution is 5.91. The number of hydrogen-bond acceptors (Lipinski definition) is 9. The number of nitrogens with one attached hydrogen (secondary N) is 2. The van der Waals surface area contributed by atoms with Gasteiger partial charge in [-0.1, -0.05) is 18.2 Å². The van der Waals surface area contributed by atoms with Crippen molar-refractivity contribution in [3.8, 4) is 0 Å². The summed E-state index contributed by atoms with van der Waals surface area (Å²) in [5, 5.41) is 28.1. The summed E-state index contributed by atoms with van der Waals surface area (Å²) >= 11 is 0. The predicted octanol–water partition coefficient (Wildman–Crippen LogP) is 2.18. The fourth-order valence-corrected chi connectivity index (χ4v) is 9.14. The van der Waals surface area contributed by atoms with Gasteiger partial charge in [-0.05, 0) is 62.6 Å². The number of H-pyrrole nitrogens is 1. The lowest BCUT2D eigenvalue weighted by atomic mass is 9.81. The molecule has 256 valence electrons. The van der Waals surface area contributed by atoms with Crippen molar-refractivity contribution >= 4 is 35.1 Å². The highest BCUT2D eigenvalue weighted by atomic mass is 16.4. The fourth-order valence-electron chi connectivity index (χ4n) is 9.14. The summed E-state index contributed by atoms with van der Waals surface area (Å²) in [4.78, 5) is 49.4. The van der Waals surface area contributed by atoms with Gasteiger partial charge in [-0.15, -0.1) is 0 Å². The van der Waals surface area contributed by atoms with Gasteiger partial charge in [-0.25, -0.2) is 4.79 Å². The SMILES string of the molecule is Cc1cc(C[N@+]2(C(=O)[O-])CCC(N3CCc4ccccc4NC3=O)CC2(CC=O)N2CCC(N3CCN(C)CC3)CC2)cc2n[nH]nc12. The Balaban J connectivity index is 1.24. The first-order valence-corrected chi connectivity index (χ1v) is 17.4. The van der Waals surface area contributed by atoms with Crippen LogP contribution in [0.4, 0.5) is 15.3 Å². The van der Waals surface area contributed by atoms with E-state index in [-0.39, 0.29) is 31.6 Å². The highest BCUT2D eigenvalue weighted by Crippen LogP contribution is 2.46. The molecule has 7 rings (SSSR count). The summed E-state index contributed by atoms with van der Waals surface area (Å²) in [6, 6.07) is 11.7. The minimum atomic E-state index is -1.19. The van der Waals surface area contributed by atoms with Crippen molar-refractivity contribution in [1.82, 2.24) is 35.0 Å². The van der Waals surface area contributed by atoms with Crippen molar-refractivity contribution in [2.75, 3.05) is 64.7 Å². The number of aldehydes is 1. The lowest BCUT2D eigenvalue weighted by molar-refractivity contribution is -0.956. The zero-order chi connectivity index (χ0) is 33.5. The van der Waals surface area contributed by atoms with Crippen molar-refractivity contribution in [2.45, 2.75) is 69.7 Å². The van der Waals surface area contributed by atoms with Crippen molar-refractivity contribution in [3.05, 3.63) is 53.1 Å². The Morgan fingerprint density at radius 3 is 2.56 bits per heavy atom. The number of aryl methyl sites for hydroxylation is 1. The van der Waals surface area contributed by atoms with E-state index in [9.17, 15) is 19.5 Å². The first-order valence-electron chi connectivity index (χ1n) is 17.4. The second-order valence-corrected chi connectivity index (χ2v) is 14.3. The number of carboxylic acid groups (broad SMARTS) is 1. The number of amides is 3. The van der Waals surface area contributed by atoms with Crippen molar-refractivity contribution < 1.29 is 24.0 Å². The normalized spacial score (nSPS) is 28.2. The second kappa shape index (κ2) is 13.2. The zero-order valence-electron chi connectivity index (χ0n) is 28.1. The maximum absolute atomic E-state index is 13.8. The number of hydrogen-bond donors (Lipinski definition) is 2. The minimum absolute atomic E-state index is 0.0253. The molecule has 3 fully saturated rings. The molecule has 2 aromatic carbocycles. The summed E-state index contributed by atoms with van der Waals surface area (Å²) in [6.45, 7) is 8.31. The number of quaternary nitrogens is 1. The fraction of sp³-hybridized carbons (Fsp3) is 0.571. The van der Waals surface area contributed by atoms with Crippen LogP contribution in [0.1, 0.15) is 48.8 Å². The van der Waals surface area contributed by atoms with E-state index in [0.717, 1.165) is 73.2 Å². The second-order valence-electron chi connectivity index (χ2n) is 14.3. The number of benzene rings is 2. The Bertz CT molecular complexity index is 1660. The average Bonchev–Trinajstić information content (AvgIpc) is 3.49. The molecule has 4 aliphatic heterocycles. The molecule has 13 heteroatoms. The Hall–Kier alpha value is -3.91. The molecule has 5 heterocycles. The molecule has 3 amide bonds. The van der Waals surface area contributed by atoms with Crippen LogP contribution in [-0.2, 0) is 17.8 Å². The van der Waals surface area contributed by atoms with Gasteiger partial charge < -0.3 is 29.8 Å². The van der Waals surface area contributed by atoms with Gasteiger partial charge in [-0.3, -0.25) is 14.3 Å². The van der Waals surface area contributed by atoms with Crippen LogP contribution in [0, 0.1) is 6.92 Å². The number of para-hydroxylation sites is 1. The number of piperazine rings is 1. The maximum atomic E-state index is 13.8. The number of aromatic nitrogens is 3. The largest absolute Gasteiger partial charge is 0.498 e. The number of carbonyl (C=O) groups excluding carboxylic acids is 3. The lowest BCUT2D eigenvalue weighted by Gasteiger charge is -2.62. The molecular weight excluding hydrogens is 610 g/mol. The van der Waals surface area contributed by atoms with E-state index >= 15 is 0 Å². The molecule has 1 aromatic heterocycles. The number of carbonyl (C=O) groups is 3. The van der Waals surface area contributed by atoms with Gasteiger partial charge in [0, 0.05) is 82.0 Å². The van der Waals surface area contributed by atoms with Gasteiger partial charge in [0.15, 0.2) is 5.66 Å². The third-order valence-electron chi connectivity index (χ3n) is 11.8. The Kier molecular flexibility index (Phi) is 8.96. The molecule has 4 aliphatic rings. The van der Waals surface area contributed by atoms with Crippen molar-refractivity contribution in [2.24, 2.45) is 0 Å². The van der Waals surface area contributed by atoms with Gasteiger partial charge in [-0.2, -0.15) is 15.4 Å². The monoisotopic (exact) mass is 657 g/mol. The van der Waals surface area contributed by atoms with E-state index in [1.54, 1.807) is 0 Å². The third-order valence-corrected chi connectivity index (χ3v) is 11.8. The van der Waals surface area contributed by atoms with Crippen LogP contribution in [0.2, 0.25) is 0 Å². The standard InChI is InChI=1S/C35H47N9O4/c1-25-21-26(22-31-32(25)38-39-37-31)24-44(34(47)48)19-10-29(43-14-7-27-5-3-4-6-30(27)36-33(43)46)23-35(44,11-20-45)42-12-8-28(9-13-42)41-17-15-40(2)16-18-41/h3-6,20-22,28-29H,7-19,23-24H2,1-2H3,(H2-,36,37,38,39,46,47,48)/t29?,35?,44-/m0/s1. The van der Waals surface area contributed by atoms with Gasteiger partial charge in [0.1, 0.15) is 23.9 Å². The topological polar surface area (TPSA) is 141 Å². The number of fused-ring (bicyclic) bond motifs is 2. The summed E-state index contributed by atoms with van der Waals surface area (Å²) in [5.74, 6) is 0. The Labute approximate surface area is 281 Å². The molecule has 0 saturated carbocycles. The lowest BCUT2D eigenvalue weighted by Crippen LogP contribution is -2.80. The van der Waals surface area contributed by atoms with E-state index in [2.05, 4.69) is 42.5 Å². The highest BCUT2D eigenvalue weighted by Gasteiger charge is 2.61. The third kappa shape index (κ3) is 5.76. The molecule has 2 N–H and O–H groups in total. The number of likely N-dealkylation sites (N-methyl/N-ethyl adjacent to an activating group) is 1. The molecular formula is C35H47N9O4. The summed E-state index contributed by atoms with van der Waals surface area (Å²) < 4.78 is -0.403. The molecule has 0 bridgehead atoms. The van der Waals surface area contributed by atoms with E-state index < -0.39 is 16.2 Å². The van der Waals surface area contributed by atoms with Gasteiger partial charge in [0.25, 0.3) is 6.09 Å². The van der Waals surface area contributed by atoms with Crippen molar-refractivity contribution in [3.63, 3.8) is 0 Å². The molecule has 3 saturated heterocycles. The summed E-state index contributed by atoms with van der Waals surface area (Å²) in [5.41, 5.74) is 3.90. The molecule has 0 aliphatic carbocycles. The number of nitrogens with zero attached hydrogens (tertiary/aromatic N) is 7. The van der Waals surface area contributed by atoms with Crippen LogP contribution in [0.25, 0.3) is 11.0 Å². The van der Waals surface area contributed by atoms with Gasteiger partial charge in [0.2, 0.25) is 0 Å². The number of likely N-dealkylation sites (tertiary alicyclic amines) is 2. The van der Waals surface area contributed by atoms with Gasteiger partial charge >= 0.3 is 6.03 Å². The van der Waals surface area contributed by atoms with E-state index in [1.165, 1.54) is 0 Å². The Morgan fingerprint density at radius 2 is 1.81 bits per heavy atom. The van der Waals surface area contributed by atoms with E-state index in [4.69, 9.17) is 0 Å². The van der Waals surface area contributed by atoms with E-state index in [1.807, 2.05) is 48.2 Å². The van der Waals surface area contributed by atoms with Crippen LogP contribution in [-0.4, -0.2) is 135 Å². The van der Waals surface area contributed by atoms with Crippen LogP contribution in [0.3, 0.4) is 0 Å². The van der Waals surface area contributed by atoms with Crippen LogP contribution in [0.5, 0.6) is 0 Å². The predicted molar refractivity (Wildman–Crippen MR) is 179 cm³/mol. The number of aromatic amines is 1. The van der Waals surface area contributed by atoms with Crippen LogP contribution < -0.4 is 10.4 Å². The number of piperidine rings is 2. The Morgan fingerprint density at radius 1 is 1.04 bits per heavy atom. The number of urea groups is 1. The molecule has 2 unspecified atom stereocenters. The molecule has 48 heavy (non-hydrogen) atoms. The first-order chi connectivity index (χ1) is 23.2. The quantitative estimate of drug-likeness (QED) is 0.289. The molecule has 3 aromatic rings. The summed E-state index contributed by atoms with van der Waals surface area (Å²) in [7, 11) is 2.16.